The lowest BCUT2D eigenvalue weighted by molar-refractivity contribution is 0.0222. The Hall–Kier alpha value is -1.02. The first kappa shape index (κ1) is 9.07. The van der Waals surface area contributed by atoms with Gasteiger partial charge in [0.1, 0.15) is 5.75 Å². The fourth-order valence-corrected chi connectivity index (χ4v) is 0.833. The molecule has 0 aromatic heterocycles. The third-order valence-corrected chi connectivity index (χ3v) is 1.47. The average Bonchev–Trinajstić information content (AvgIpc) is 2.09. The van der Waals surface area contributed by atoms with Crippen molar-refractivity contribution in [3.8, 4) is 5.75 Å². The number of hydrogen-bond donors (Lipinski definition) is 0. The molecule has 65 valence electrons. The van der Waals surface area contributed by atoms with Crippen molar-refractivity contribution in [3.05, 3.63) is 36.8 Å². The van der Waals surface area contributed by atoms with Crippen LogP contribution >= 0.6 is 0 Å². The highest BCUT2D eigenvalue weighted by atomic mass is 16.7. The Morgan fingerprint density at radius 2 is 2.08 bits per heavy atom. The molecule has 12 heavy (non-hydrogen) atoms. The van der Waals surface area contributed by atoms with Gasteiger partial charge in [-0.25, -0.2) is 0 Å². The second-order valence-corrected chi connectivity index (χ2v) is 2.36. The number of ether oxygens (including phenoxy) is 2. The predicted molar refractivity (Wildman–Crippen MR) is 48.0 cm³/mol. The minimum Gasteiger partial charge on any atom is -0.467 e. The minimum atomic E-state index is 0.295. The van der Waals surface area contributed by atoms with Crippen LogP contribution in [-0.2, 0) is 4.74 Å². The molecule has 0 N–H and O–H groups in total. The van der Waals surface area contributed by atoms with E-state index in [0.29, 0.717) is 13.4 Å². The third kappa shape index (κ3) is 2.55. The quantitative estimate of drug-likeness (QED) is 0.503. The van der Waals surface area contributed by atoms with Gasteiger partial charge in [-0.05, 0) is 25.5 Å². The van der Waals surface area contributed by atoms with Crippen LogP contribution in [0.5, 0.6) is 5.75 Å². The maximum absolute atomic E-state index is 5.29. The van der Waals surface area contributed by atoms with E-state index in [0.717, 1.165) is 11.3 Å². The molecule has 0 saturated carbocycles. The smallest absolute Gasteiger partial charge is 0.189 e. The van der Waals surface area contributed by atoms with Gasteiger partial charge in [0.2, 0.25) is 0 Å². The molecule has 0 atom stereocenters. The third-order valence-electron chi connectivity index (χ3n) is 1.47. The molecule has 1 aromatic carbocycles. The van der Waals surface area contributed by atoms with Crippen LogP contribution in [0, 0.1) is 6.92 Å². The van der Waals surface area contributed by atoms with Gasteiger partial charge in [-0.3, -0.25) is 0 Å². The molecule has 0 fully saturated rings. The first-order chi connectivity index (χ1) is 5.84. The Morgan fingerprint density at radius 1 is 1.33 bits per heavy atom. The highest BCUT2D eigenvalue weighted by molar-refractivity contribution is 5.35. The molecule has 1 aromatic rings. The van der Waals surface area contributed by atoms with Crippen LogP contribution in [0.3, 0.4) is 0 Å². The standard InChI is InChI=1S/C10H13O2/c1-3-11-8-12-10-7-5-4-6-9(10)2/h4-7H,2-3,8H2,1H3. The SMILES string of the molecule is [CH2]c1ccccc1OCOCC. The second kappa shape index (κ2) is 4.78. The zero-order chi connectivity index (χ0) is 8.81. The van der Waals surface area contributed by atoms with E-state index in [9.17, 15) is 0 Å². The van der Waals surface area contributed by atoms with Crippen molar-refractivity contribution >= 4 is 0 Å². The molecule has 0 saturated heterocycles. The van der Waals surface area contributed by atoms with E-state index >= 15 is 0 Å². The molecule has 1 rings (SSSR count). The minimum absolute atomic E-state index is 0.295. The summed E-state index contributed by atoms with van der Waals surface area (Å²) in [6.45, 7) is 6.71. The number of para-hydroxylation sites is 1. The largest absolute Gasteiger partial charge is 0.467 e. The normalized spacial score (nSPS) is 9.83. The summed E-state index contributed by atoms with van der Waals surface area (Å²) in [5.74, 6) is 0.783. The molecular formula is C10H13O2. The number of benzene rings is 1. The molecule has 0 unspecified atom stereocenters. The van der Waals surface area contributed by atoms with Crippen molar-refractivity contribution in [1.29, 1.82) is 0 Å². The van der Waals surface area contributed by atoms with E-state index in [4.69, 9.17) is 9.47 Å². The van der Waals surface area contributed by atoms with Crippen molar-refractivity contribution in [2.75, 3.05) is 13.4 Å². The van der Waals surface area contributed by atoms with Gasteiger partial charge in [-0.1, -0.05) is 18.2 Å². The van der Waals surface area contributed by atoms with E-state index in [2.05, 4.69) is 6.92 Å². The van der Waals surface area contributed by atoms with Gasteiger partial charge in [0.25, 0.3) is 0 Å². The Bertz CT molecular complexity index is 233. The molecule has 0 heterocycles. The predicted octanol–water partition coefficient (Wildman–Crippen LogP) is 2.24. The van der Waals surface area contributed by atoms with Gasteiger partial charge >= 0.3 is 0 Å². The molecule has 0 aliphatic heterocycles. The molecule has 0 amide bonds. The van der Waals surface area contributed by atoms with Gasteiger partial charge in [-0.15, -0.1) is 0 Å². The maximum atomic E-state index is 5.29. The fraction of sp³-hybridized carbons (Fsp3) is 0.300. The van der Waals surface area contributed by atoms with Gasteiger partial charge in [0.05, 0.1) is 0 Å². The summed E-state index contributed by atoms with van der Waals surface area (Å²) >= 11 is 0. The molecular weight excluding hydrogens is 152 g/mol. The summed E-state index contributed by atoms with van der Waals surface area (Å²) < 4.78 is 10.3. The average molecular weight is 165 g/mol. The molecule has 2 nitrogen and oxygen atoms in total. The van der Waals surface area contributed by atoms with E-state index < -0.39 is 0 Å². The van der Waals surface area contributed by atoms with Crippen molar-refractivity contribution in [2.45, 2.75) is 6.92 Å². The van der Waals surface area contributed by atoms with Crippen molar-refractivity contribution in [1.82, 2.24) is 0 Å². The van der Waals surface area contributed by atoms with Crippen LogP contribution in [0.25, 0.3) is 0 Å². The molecule has 0 spiro atoms. The van der Waals surface area contributed by atoms with Gasteiger partial charge in [-0.2, -0.15) is 0 Å². The Kier molecular flexibility index (Phi) is 3.61. The summed E-state index contributed by atoms with van der Waals surface area (Å²) in [5.41, 5.74) is 0.886. The van der Waals surface area contributed by atoms with Gasteiger partial charge in [0.15, 0.2) is 6.79 Å². The lowest BCUT2D eigenvalue weighted by atomic mass is 10.2. The molecule has 2 heteroatoms. The van der Waals surface area contributed by atoms with Crippen LogP contribution in [0.2, 0.25) is 0 Å². The first-order valence-corrected chi connectivity index (χ1v) is 3.96. The summed E-state index contributed by atoms with van der Waals surface area (Å²) in [4.78, 5) is 0. The van der Waals surface area contributed by atoms with E-state index in [-0.39, 0.29) is 0 Å². The Labute approximate surface area is 73.1 Å². The summed E-state index contributed by atoms with van der Waals surface area (Å²) in [6.07, 6.45) is 0. The maximum Gasteiger partial charge on any atom is 0.189 e. The molecule has 0 aliphatic carbocycles. The van der Waals surface area contributed by atoms with Crippen LogP contribution < -0.4 is 4.74 Å². The first-order valence-electron chi connectivity index (χ1n) is 3.96. The number of rotatable bonds is 4. The summed E-state index contributed by atoms with van der Waals surface area (Å²) in [6, 6.07) is 7.62. The van der Waals surface area contributed by atoms with E-state index in [1.165, 1.54) is 0 Å². The molecule has 0 bridgehead atoms. The van der Waals surface area contributed by atoms with Crippen LogP contribution in [0.1, 0.15) is 12.5 Å². The van der Waals surface area contributed by atoms with E-state index in [1.807, 2.05) is 31.2 Å². The topological polar surface area (TPSA) is 18.5 Å². The van der Waals surface area contributed by atoms with E-state index in [1.54, 1.807) is 0 Å². The zero-order valence-corrected chi connectivity index (χ0v) is 7.25. The van der Waals surface area contributed by atoms with Crippen LogP contribution in [0.15, 0.2) is 24.3 Å². The van der Waals surface area contributed by atoms with Crippen LogP contribution in [0.4, 0.5) is 0 Å². The lowest BCUT2D eigenvalue weighted by Gasteiger charge is -2.07. The summed E-state index contributed by atoms with van der Waals surface area (Å²) in [5, 5.41) is 0. The number of hydrogen-bond acceptors (Lipinski definition) is 2. The van der Waals surface area contributed by atoms with Gasteiger partial charge in [0, 0.05) is 6.61 Å². The highest BCUT2D eigenvalue weighted by Gasteiger charge is 1.95. The Balaban J connectivity index is 2.46. The van der Waals surface area contributed by atoms with Crippen molar-refractivity contribution < 1.29 is 9.47 Å². The monoisotopic (exact) mass is 165 g/mol. The van der Waals surface area contributed by atoms with Crippen molar-refractivity contribution in [2.24, 2.45) is 0 Å². The second-order valence-electron chi connectivity index (χ2n) is 2.36. The fourth-order valence-electron chi connectivity index (χ4n) is 0.833. The van der Waals surface area contributed by atoms with Crippen LogP contribution in [-0.4, -0.2) is 13.4 Å². The molecule has 1 radical (unpaired) electrons. The Morgan fingerprint density at radius 3 is 2.75 bits per heavy atom. The van der Waals surface area contributed by atoms with Gasteiger partial charge < -0.3 is 9.47 Å². The lowest BCUT2D eigenvalue weighted by Crippen LogP contribution is -2.02. The highest BCUT2D eigenvalue weighted by Crippen LogP contribution is 2.15. The van der Waals surface area contributed by atoms with Crippen molar-refractivity contribution in [3.63, 3.8) is 0 Å². The summed E-state index contributed by atoms with van der Waals surface area (Å²) in [7, 11) is 0. The molecule has 0 aliphatic rings. The zero-order valence-electron chi connectivity index (χ0n) is 7.25.